The fourth-order valence-corrected chi connectivity index (χ4v) is 2.67. The normalized spacial score (nSPS) is 16.5. The van der Waals surface area contributed by atoms with Crippen molar-refractivity contribution in [3.63, 3.8) is 0 Å². The second-order valence-electron chi connectivity index (χ2n) is 3.88. The van der Waals surface area contributed by atoms with Crippen LogP contribution in [0, 0.1) is 0 Å². The van der Waals surface area contributed by atoms with Gasteiger partial charge in [0.25, 0.3) is 10.2 Å². The maximum absolute atomic E-state index is 11.2. The van der Waals surface area contributed by atoms with Crippen molar-refractivity contribution in [1.82, 2.24) is 4.31 Å². The van der Waals surface area contributed by atoms with Gasteiger partial charge in [-0.15, -0.1) is 0 Å². The minimum atomic E-state index is -3.72. The minimum Gasteiger partial charge on any atom is -0.478 e. The Balaban J connectivity index is 2.41. The third-order valence-electron chi connectivity index (χ3n) is 2.82. The molecule has 92 valence electrons. The van der Waals surface area contributed by atoms with Gasteiger partial charge in [0.15, 0.2) is 0 Å². The molecule has 0 saturated carbocycles. The van der Waals surface area contributed by atoms with Gasteiger partial charge in [0.1, 0.15) is 0 Å². The summed E-state index contributed by atoms with van der Waals surface area (Å²) >= 11 is 0. The molecule has 6 nitrogen and oxygen atoms in total. The Hall–Kier alpha value is -1.44. The molecule has 0 radical (unpaired) electrons. The standard InChI is InChI=1S/C10H12N2O4S/c11-17(15,16)12-5-4-8-7(6-12)2-1-3-9(8)10(13)14/h1-3H,4-6H2,(H,13,14)(H2,11,15,16). The summed E-state index contributed by atoms with van der Waals surface area (Å²) in [7, 11) is -3.72. The maximum Gasteiger partial charge on any atom is 0.335 e. The fraction of sp³-hybridized carbons (Fsp3) is 0.300. The van der Waals surface area contributed by atoms with Crippen molar-refractivity contribution >= 4 is 16.2 Å². The van der Waals surface area contributed by atoms with Crippen LogP contribution in [0.5, 0.6) is 0 Å². The largest absolute Gasteiger partial charge is 0.478 e. The summed E-state index contributed by atoms with van der Waals surface area (Å²) in [6.45, 7) is 0.353. The average molecular weight is 256 g/mol. The lowest BCUT2D eigenvalue weighted by Crippen LogP contribution is -2.40. The van der Waals surface area contributed by atoms with Crippen molar-refractivity contribution in [3.05, 3.63) is 34.9 Å². The van der Waals surface area contributed by atoms with E-state index in [2.05, 4.69) is 0 Å². The molecule has 2 rings (SSSR count). The van der Waals surface area contributed by atoms with Crippen LogP contribution in [-0.2, 0) is 23.2 Å². The third kappa shape index (κ3) is 2.31. The molecule has 1 aliphatic heterocycles. The first-order valence-corrected chi connectivity index (χ1v) is 6.52. The van der Waals surface area contributed by atoms with E-state index in [9.17, 15) is 13.2 Å². The molecular formula is C10H12N2O4S. The number of hydrogen-bond acceptors (Lipinski definition) is 3. The highest BCUT2D eigenvalue weighted by Gasteiger charge is 2.26. The zero-order valence-electron chi connectivity index (χ0n) is 8.96. The molecule has 0 atom stereocenters. The molecule has 0 fully saturated rings. The molecule has 0 aromatic heterocycles. The molecule has 17 heavy (non-hydrogen) atoms. The van der Waals surface area contributed by atoms with Crippen molar-refractivity contribution in [2.75, 3.05) is 6.54 Å². The van der Waals surface area contributed by atoms with E-state index < -0.39 is 16.2 Å². The van der Waals surface area contributed by atoms with Gasteiger partial charge in [-0.2, -0.15) is 12.7 Å². The van der Waals surface area contributed by atoms with E-state index in [1.807, 2.05) is 0 Å². The number of carboxylic acid groups (broad SMARTS) is 1. The lowest BCUT2D eigenvalue weighted by Gasteiger charge is -2.27. The predicted molar refractivity (Wildman–Crippen MR) is 60.6 cm³/mol. The first-order chi connectivity index (χ1) is 7.89. The van der Waals surface area contributed by atoms with Gasteiger partial charge in [-0.3, -0.25) is 0 Å². The number of hydrogen-bond donors (Lipinski definition) is 2. The van der Waals surface area contributed by atoms with Crippen LogP contribution in [0.15, 0.2) is 18.2 Å². The third-order valence-corrected chi connectivity index (χ3v) is 3.85. The van der Waals surface area contributed by atoms with E-state index in [1.54, 1.807) is 12.1 Å². The molecule has 0 unspecified atom stereocenters. The van der Waals surface area contributed by atoms with E-state index in [0.717, 1.165) is 4.31 Å². The smallest absolute Gasteiger partial charge is 0.335 e. The Labute approximate surface area is 98.8 Å². The number of carboxylic acids is 1. The Bertz CT molecular complexity index is 568. The van der Waals surface area contributed by atoms with Gasteiger partial charge in [0, 0.05) is 13.1 Å². The number of nitrogens with two attached hydrogens (primary N) is 1. The van der Waals surface area contributed by atoms with Gasteiger partial charge in [0.2, 0.25) is 0 Å². The highest BCUT2D eigenvalue weighted by Crippen LogP contribution is 2.23. The first kappa shape index (κ1) is 12.0. The van der Waals surface area contributed by atoms with E-state index >= 15 is 0 Å². The number of benzene rings is 1. The highest BCUT2D eigenvalue weighted by atomic mass is 32.2. The summed E-state index contributed by atoms with van der Waals surface area (Å²) in [6.07, 6.45) is 0.369. The molecule has 0 saturated heterocycles. The molecule has 1 aliphatic rings. The maximum atomic E-state index is 11.2. The second-order valence-corrected chi connectivity index (χ2v) is 5.42. The van der Waals surface area contributed by atoms with Crippen molar-refractivity contribution in [1.29, 1.82) is 0 Å². The lowest BCUT2D eigenvalue weighted by atomic mass is 9.95. The number of fused-ring (bicyclic) bond motifs is 1. The Morgan fingerprint density at radius 3 is 2.71 bits per heavy atom. The lowest BCUT2D eigenvalue weighted by molar-refractivity contribution is 0.0695. The van der Waals surface area contributed by atoms with E-state index in [4.69, 9.17) is 10.2 Å². The predicted octanol–water partition coefficient (Wildman–Crippen LogP) is -0.0536. The average Bonchev–Trinajstić information content (AvgIpc) is 2.26. The van der Waals surface area contributed by atoms with Gasteiger partial charge >= 0.3 is 5.97 Å². The summed E-state index contributed by atoms with van der Waals surface area (Å²) < 4.78 is 23.5. The topological polar surface area (TPSA) is 101 Å². The molecule has 0 amide bonds. The summed E-state index contributed by atoms with van der Waals surface area (Å²) in [4.78, 5) is 11.0. The summed E-state index contributed by atoms with van der Waals surface area (Å²) in [5, 5.41) is 14.1. The van der Waals surface area contributed by atoms with Crippen LogP contribution in [0.4, 0.5) is 0 Å². The summed E-state index contributed by atoms with van der Waals surface area (Å²) in [6, 6.07) is 4.85. The Kier molecular flexibility index (Phi) is 2.90. The summed E-state index contributed by atoms with van der Waals surface area (Å²) in [5.41, 5.74) is 1.63. The zero-order valence-corrected chi connectivity index (χ0v) is 9.77. The SMILES string of the molecule is NS(=O)(=O)N1CCc2c(cccc2C(=O)O)C1. The van der Waals surface area contributed by atoms with Gasteiger partial charge in [-0.25, -0.2) is 9.93 Å². The van der Waals surface area contributed by atoms with Crippen molar-refractivity contribution in [2.24, 2.45) is 5.14 Å². The molecule has 0 bridgehead atoms. The molecule has 0 aliphatic carbocycles. The van der Waals surface area contributed by atoms with Gasteiger partial charge in [-0.05, 0) is 23.6 Å². The molecule has 1 heterocycles. The molecule has 7 heteroatoms. The van der Waals surface area contributed by atoms with Gasteiger partial charge in [-0.1, -0.05) is 12.1 Å². The van der Waals surface area contributed by atoms with Crippen LogP contribution < -0.4 is 5.14 Å². The number of rotatable bonds is 2. The minimum absolute atomic E-state index is 0.134. The molecule has 1 aromatic rings. The van der Waals surface area contributed by atoms with Crippen LogP contribution in [0.1, 0.15) is 21.5 Å². The van der Waals surface area contributed by atoms with Crippen LogP contribution in [0.25, 0.3) is 0 Å². The van der Waals surface area contributed by atoms with E-state index in [1.165, 1.54) is 6.07 Å². The van der Waals surface area contributed by atoms with Crippen LogP contribution in [-0.4, -0.2) is 30.3 Å². The monoisotopic (exact) mass is 256 g/mol. The van der Waals surface area contributed by atoms with Crippen molar-refractivity contribution in [3.8, 4) is 0 Å². The number of aromatic carboxylic acids is 1. The van der Waals surface area contributed by atoms with Crippen LogP contribution in [0.2, 0.25) is 0 Å². The van der Waals surface area contributed by atoms with Gasteiger partial charge < -0.3 is 5.11 Å². The quantitative estimate of drug-likeness (QED) is 0.774. The number of nitrogens with zero attached hydrogens (tertiary/aromatic N) is 1. The first-order valence-electron chi connectivity index (χ1n) is 5.01. The van der Waals surface area contributed by atoms with Crippen molar-refractivity contribution in [2.45, 2.75) is 13.0 Å². The van der Waals surface area contributed by atoms with Crippen molar-refractivity contribution < 1.29 is 18.3 Å². The summed E-state index contributed by atoms with van der Waals surface area (Å²) in [5.74, 6) is -0.995. The number of carbonyl (C=O) groups is 1. The molecule has 3 N–H and O–H groups in total. The second kappa shape index (κ2) is 4.10. The van der Waals surface area contributed by atoms with Crippen LogP contribution in [0.3, 0.4) is 0 Å². The Morgan fingerprint density at radius 2 is 2.12 bits per heavy atom. The van der Waals surface area contributed by atoms with E-state index in [-0.39, 0.29) is 18.7 Å². The molecular weight excluding hydrogens is 244 g/mol. The highest BCUT2D eigenvalue weighted by molar-refractivity contribution is 7.86. The van der Waals surface area contributed by atoms with E-state index in [0.29, 0.717) is 17.5 Å². The molecule has 0 spiro atoms. The van der Waals surface area contributed by atoms with Crippen LogP contribution >= 0.6 is 0 Å². The fourth-order valence-electron chi connectivity index (χ4n) is 2.00. The van der Waals surface area contributed by atoms with Gasteiger partial charge in [0.05, 0.1) is 5.56 Å². The zero-order chi connectivity index (χ0) is 12.6. The molecule has 1 aromatic carbocycles. The Morgan fingerprint density at radius 1 is 1.41 bits per heavy atom.